The Morgan fingerprint density at radius 1 is 1.16 bits per heavy atom. The van der Waals surface area contributed by atoms with Gasteiger partial charge in [0.1, 0.15) is 11.9 Å². The van der Waals surface area contributed by atoms with E-state index in [9.17, 15) is 13.2 Å². The van der Waals surface area contributed by atoms with Crippen LogP contribution in [0.4, 0.5) is 0 Å². The van der Waals surface area contributed by atoms with Crippen molar-refractivity contribution in [1.29, 1.82) is 0 Å². The molecule has 0 radical (unpaired) electrons. The summed E-state index contributed by atoms with van der Waals surface area (Å²) >= 11 is 0. The van der Waals surface area contributed by atoms with E-state index >= 15 is 0 Å². The van der Waals surface area contributed by atoms with E-state index in [0.717, 1.165) is 25.7 Å². The molecule has 6 nitrogen and oxygen atoms in total. The number of rotatable bonds is 4. The molecule has 0 amide bonds. The molecule has 0 atom stereocenters. The molecule has 7 heteroatoms. The molecule has 104 valence electrons. The van der Waals surface area contributed by atoms with Crippen LogP contribution in [0, 0.1) is 0 Å². The molecule has 0 saturated heterocycles. The van der Waals surface area contributed by atoms with Gasteiger partial charge in [0.2, 0.25) is 0 Å². The average Bonchev–Trinajstić information content (AvgIpc) is 2.80. The fourth-order valence-corrected chi connectivity index (χ4v) is 2.39. The largest absolute Gasteiger partial charge is 0.459 e. The summed E-state index contributed by atoms with van der Waals surface area (Å²) < 4.78 is 31.2. The fourth-order valence-electron chi connectivity index (χ4n) is 2.01. The molecule has 0 unspecified atom stereocenters. The van der Waals surface area contributed by atoms with Gasteiger partial charge in [-0.05, 0) is 49.9 Å². The maximum atomic E-state index is 11.8. The highest BCUT2D eigenvalue weighted by molar-refractivity contribution is 7.84. The second kappa shape index (κ2) is 5.58. The van der Waals surface area contributed by atoms with Crippen molar-refractivity contribution in [3.05, 3.63) is 29.8 Å². The van der Waals surface area contributed by atoms with E-state index in [0.29, 0.717) is 5.56 Å². The first-order chi connectivity index (χ1) is 8.94. The van der Waals surface area contributed by atoms with Gasteiger partial charge in [0.25, 0.3) is 0 Å². The number of carbonyl (C=O) groups excluding carboxylic acids is 1. The zero-order chi connectivity index (χ0) is 13.9. The van der Waals surface area contributed by atoms with Crippen molar-refractivity contribution in [2.45, 2.75) is 31.8 Å². The lowest BCUT2D eigenvalue weighted by atomic mass is 10.2. The Morgan fingerprint density at radius 3 is 2.26 bits per heavy atom. The molecule has 1 aliphatic rings. The minimum atomic E-state index is -4.05. The van der Waals surface area contributed by atoms with Gasteiger partial charge in [0, 0.05) is 0 Å². The van der Waals surface area contributed by atoms with Gasteiger partial charge in [-0.15, -0.1) is 0 Å². The van der Waals surface area contributed by atoms with Crippen LogP contribution in [-0.2, 0) is 15.0 Å². The minimum absolute atomic E-state index is 0.00662. The minimum Gasteiger partial charge on any atom is -0.459 e. The Morgan fingerprint density at radius 2 is 1.74 bits per heavy atom. The molecule has 0 spiro atoms. The van der Waals surface area contributed by atoms with E-state index in [4.69, 9.17) is 9.88 Å². The normalized spacial score (nSPS) is 16.3. The topological polar surface area (TPSA) is 95.7 Å². The maximum Gasteiger partial charge on any atom is 0.380 e. The molecule has 0 aliphatic heterocycles. The molecule has 1 aromatic rings. The quantitative estimate of drug-likeness (QED) is 0.843. The third-order valence-electron chi connectivity index (χ3n) is 2.88. The molecule has 2 N–H and O–H groups in total. The Kier molecular flexibility index (Phi) is 4.06. The Balaban J connectivity index is 1.99. The van der Waals surface area contributed by atoms with Crippen LogP contribution in [0.3, 0.4) is 0 Å². The highest BCUT2D eigenvalue weighted by Crippen LogP contribution is 2.22. The van der Waals surface area contributed by atoms with Gasteiger partial charge in [-0.2, -0.15) is 13.6 Å². The van der Waals surface area contributed by atoms with E-state index in [1.807, 2.05) is 0 Å². The summed E-state index contributed by atoms with van der Waals surface area (Å²) in [6.45, 7) is 0. The van der Waals surface area contributed by atoms with Crippen molar-refractivity contribution < 1.29 is 22.1 Å². The van der Waals surface area contributed by atoms with Gasteiger partial charge in [-0.25, -0.2) is 4.79 Å². The van der Waals surface area contributed by atoms with Crippen molar-refractivity contribution in [1.82, 2.24) is 0 Å². The lowest BCUT2D eigenvalue weighted by Crippen LogP contribution is -2.19. The summed E-state index contributed by atoms with van der Waals surface area (Å²) in [5.74, 6) is -0.353. The van der Waals surface area contributed by atoms with Gasteiger partial charge in [0.05, 0.1) is 5.56 Å². The standard InChI is InChI=1S/C12H15NO5S/c13-19(15,16)18-11-7-5-9(6-8-11)12(14)17-10-3-1-2-4-10/h5-8,10H,1-4H2,(H2,13,15,16). The first-order valence-electron chi connectivity index (χ1n) is 5.97. The summed E-state index contributed by atoms with van der Waals surface area (Å²) in [6, 6.07) is 5.60. The number of esters is 1. The third kappa shape index (κ3) is 4.22. The molecule has 0 aromatic heterocycles. The summed E-state index contributed by atoms with van der Waals surface area (Å²) in [7, 11) is -4.05. The third-order valence-corrected chi connectivity index (χ3v) is 3.30. The first-order valence-corrected chi connectivity index (χ1v) is 7.44. The van der Waals surface area contributed by atoms with Gasteiger partial charge >= 0.3 is 16.3 Å². The molecule has 0 bridgehead atoms. The SMILES string of the molecule is NS(=O)(=O)Oc1ccc(C(=O)OC2CCCC2)cc1. The molecule has 1 aliphatic carbocycles. The van der Waals surface area contributed by atoms with Crippen LogP contribution in [0.15, 0.2) is 24.3 Å². The Labute approximate surface area is 111 Å². The van der Waals surface area contributed by atoms with Crippen molar-refractivity contribution >= 4 is 16.3 Å². The van der Waals surface area contributed by atoms with Crippen molar-refractivity contribution in [3.63, 3.8) is 0 Å². The zero-order valence-electron chi connectivity index (χ0n) is 10.2. The van der Waals surface area contributed by atoms with E-state index in [1.54, 1.807) is 0 Å². The van der Waals surface area contributed by atoms with Crippen LogP contribution in [0.1, 0.15) is 36.0 Å². The van der Waals surface area contributed by atoms with Crippen LogP contribution >= 0.6 is 0 Å². The summed E-state index contributed by atoms with van der Waals surface area (Å²) in [6.07, 6.45) is 3.96. The number of nitrogens with two attached hydrogens (primary N) is 1. The first kappa shape index (κ1) is 13.8. The average molecular weight is 285 g/mol. The summed E-state index contributed by atoms with van der Waals surface area (Å²) in [5.41, 5.74) is 0.355. The lowest BCUT2D eigenvalue weighted by molar-refractivity contribution is 0.0318. The van der Waals surface area contributed by atoms with E-state index < -0.39 is 16.3 Å². The van der Waals surface area contributed by atoms with E-state index in [-0.39, 0.29) is 11.9 Å². The molecule has 1 aromatic carbocycles. The van der Waals surface area contributed by atoms with E-state index in [2.05, 4.69) is 4.18 Å². The Bertz CT molecular complexity index is 546. The molecule has 2 rings (SSSR count). The number of ether oxygens (including phenoxy) is 1. The molecule has 19 heavy (non-hydrogen) atoms. The van der Waals surface area contributed by atoms with Gasteiger partial charge in [-0.1, -0.05) is 0 Å². The van der Waals surface area contributed by atoms with Crippen molar-refractivity contribution in [3.8, 4) is 5.75 Å². The molecule has 1 saturated carbocycles. The Hall–Kier alpha value is -1.60. The zero-order valence-corrected chi connectivity index (χ0v) is 11.1. The lowest BCUT2D eigenvalue weighted by Gasteiger charge is -2.11. The summed E-state index contributed by atoms with van der Waals surface area (Å²) in [4.78, 5) is 11.8. The van der Waals surface area contributed by atoms with Crippen LogP contribution in [-0.4, -0.2) is 20.5 Å². The van der Waals surface area contributed by atoms with Crippen LogP contribution in [0.5, 0.6) is 5.75 Å². The number of hydrogen-bond acceptors (Lipinski definition) is 5. The van der Waals surface area contributed by atoms with Gasteiger partial charge in [0.15, 0.2) is 0 Å². The molecule has 1 fully saturated rings. The highest BCUT2D eigenvalue weighted by atomic mass is 32.2. The maximum absolute atomic E-state index is 11.8. The number of hydrogen-bond donors (Lipinski definition) is 1. The number of carbonyl (C=O) groups is 1. The van der Waals surface area contributed by atoms with Crippen LogP contribution < -0.4 is 9.32 Å². The molecular weight excluding hydrogens is 270 g/mol. The predicted molar refractivity (Wildman–Crippen MR) is 67.8 cm³/mol. The fraction of sp³-hybridized carbons (Fsp3) is 0.417. The smallest absolute Gasteiger partial charge is 0.380 e. The van der Waals surface area contributed by atoms with Crippen LogP contribution in [0.2, 0.25) is 0 Å². The van der Waals surface area contributed by atoms with Crippen LogP contribution in [0.25, 0.3) is 0 Å². The number of benzene rings is 1. The molecule has 0 heterocycles. The van der Waals surface area contributed by atoms with E-state index in [1.165, 1.54) is 24.3 Å². The van der Waals surface area contributed by atoms with Gasteiger partial charge < -0.3 is 8.92 Å². The van der Waals surface area contributed by atoms with Gasteiger partial charge in [-0.3, -0.25) is 0 Å². The monoisotopic (exact) mass is 285 g/mol. The second-order valence-corrected chi connectivity index (χ2v) is 5.56. The second-order valence-electron chi connectivity index (χ2n) is 4.41. The highest BCUT2D eigenvalue weighted by Gasteiger charge is 2.20. The van der Waals surface area contributed by atoms with Crippen molar-refractivity contribution in [2.75, 3.05) is 0 Å². The van der Waals surface area contributed by atoms with Crippen molar-refractivity contribution in [2.24, 2.45) is 5.14 Å². The predicted octanol–water partition coefficient (Wildman–Crippen LogP) is 1.37. The summed E-state index contributed by atoms with van der Waals surface area (Å²) in [5, 5.41) is 4.73. The molecular formula is C12H15NO5S.